The van der Waals surface area contributed by atoms with E-state index in [-0.39, 0.29) is 5.97 Å². The van der Waals surface area contributed by atoms with Gasteiger partial charge in [-0.05, 0) is 24.5 Å². The Bertz CT molecular complexity index is 377. The normalized spacial score (nSPS) is 12.2. The Labute approximate surface area is 115 Å². The number of rotatable bonds is 7. The lowest BCUT2D eigenvalue weighted by Gasteiger charge is -2.15. The first kappa shape index (κ1) is 15.1. The fourth-order valence-corrected chi connectivity index (χ4v) is 2.07. The van der Waals surface area contributed by atoms with Gasteiger partial charge in [0.2, 0.25) is 0 Å². The molecule has 0 heterocycles. The number of ether oxygens (including phenoxy) is 1. The number of carbonyl (C=O) groups is 1. The van der Waals surface area contributed by atoms with Gasteiger partial charge in [0.25, 0.3) is 0 Å². The van der Waals surface area contributed by atoms with Crippen molar-refractivity contribution in [1.82, 2.24) is 0 Å². The summed E-state index contributed by atoms with van der Waals surface area (Å²) in [6.45, 7) is 4.83. The second kappa shape index (κ2) is 8.20. The van der Waals surface area contributed by atoms with Gasteiger partial charge in [-0.2, -0.15) is 0 Å². The van der Waals surface area contributed by atoms with Crippen LogP contribution in [0.5, 0.6) is 0 Å². The maximum atomic E-state index is 11.9. The summed E-state index contributed by atoms with van der Waals surface area (Å²) >= 11 is 4.26. The number of unbranched alkanes of at least 4 members (excludes halogenated alkanes) is 1. The van der Waals surface area contributed by atoms with Gasteiger partial charge >= 0.3 is 5.97 Å². The smallest absolute Gasteiger partial charge is 0.339 e. The molecule has 100 valence electrons. The van der Waals surface area contributed by atoms with E-state index < -0.39 is 0 Å². The first-order chi connectivity index (χ1) is 8.69. The quantitative estimate of drug-likeness (QED) is 0.586. The first-order valence-electron chi connectivity index (χ1n) is 6.64. The zero-order valence-corrected chi connectivity index (χ0v) is 12.1. The van der Waals surface area contributed by atoms with Crippen molar-refractivity contribution in [2.45, 2.75) is 44.4 Å². The third-order valence-electron chi connectivity index (χ3n) is 3.12. The minimum atomic E-state index is -0.268. The van der Waals surface area contributed by atoms with Gasteiger partial charge < -0.3 is 4.74 Å². The molecule has 0 aromatic heterocycles. The third-order valence-corrected chi connectivity index (χ3v) is 3.51. The van der Waals surface area contributed by atoms with Crippen molar-refractivity contribution < 1.29 is 9.53 Å². The van der Waals surface area contributed by atoms with Crippen LogP contribution < -0.4 is 0 Å². The van der Waals surface area contributed by atoms with E-state index in [4.69, 9.17) is 4.74 Å². The number of thiol groups is 1. The van der Waals surface area contributed by atoms with E-state index in [1.54, 1.807) is 12.1 Å². The van der Waals surface area contributed by atoms with Crippen LogP contribution in [-0.4, -0.2) is 12.6 Å². The molecule has 0 amide bonds. The average Bonchev–Trinajstić information content (AvgIpc) is 2.39. The van der Waals surface area contributed by atoms with Crippen LogP contribution in [0.25, 0.3) is 0 Å². The van der Waals surface area contributed by atoms with Crippen LogP contribution in [0.15, 0.2) is 29.2 Å². The molecule has 1 aromatic carbocycles. The number of hydrogen-bond donors (Lipinski definition) is 1. The van der Waals surface area contributed by atoms with Crippen LogP contribution in [0.3, 0.4) is 0 Å². The Balaban J connectivity index is 2.47. The van der Waals surface area contributed by atoms with Crippen molar-refractivity contribution >= 4 is 18.6 Å². The highest BCUT2D eigenvalue weighted by molar-refractivity contribution is 7.80. The van der Waals surface area contributed by atoms with Crippen molar-refractivity contribution in [3.8, 4) is 0 Å². The molecule has 0 aliphatic carbocycles. The second-order valence-corrected chi connectivity index (χ2v) is 5.01. The molecule has 1 aromatic rings. The lowest BCUT2D eigenvalue weighted by atomic mass is 10.0. The Hall–Kier alpha value is -0.960. The molecule has 2 nitrogen and oxygen atoms in total. The van der Waals surface area contributed by atoms with E-state index >= 15 is 0 Å². The second-order valence-electron chi connectivity index (χ2n) is 4.53. The van der Waals surface area contributed by atoms with Crippen LogP contribution in [0, 0.1) is 5.92 Å². The topological polar surface area (TPSA) is 26.3 Å². The van der Waals surface area contributed by atoms with Crippen molar-refractivity contribution in [1.29, 1.82) is 0 Å². The number of esters is 1. The Morgan fingerprint density at radius 3 is 2.67 bits per heavy atom. The summed E-state index contributed by atoms with van der Waals surface area (Å²) in [4.78, 5) is 12.6. The van der Waals surface area contributed by atoms with Gasteiger partial charge in [0.05, 0.1) is 12.2 Å². The van der Waals surface area contributed by atoms with Crippen LogP contribution >= 0.6 is 12.6 Å². The van der Waals surface area contributed by atoms with Gasteiger partial charge in [-0.25, -0.2) is 4.79 Å². The molecule has 0 bridgehead atoms. The Morgan fingerprint density at radius 2 is 2.06 bits per heavy atom. The molecule has 3 heteroatoms. The molecule has 1 unspecified atom stereocenters. The number of benzene rings is 1. The fraction of sp³-hybridized carbons (Fsp3) is 0.533. The summed E-state index contributed by atoms with van der Waals surface area (Å²) in [5.74, 6) is 0.205. The predicted molar refractivity (Wildman–Crippen MR) is 77.3 cm³/mol. The molecule has 0 aliphatic rings. The lowest BCUT2D eigenvalue weighted by molar-refractivity contribution is 0.0424. The number of hydrogen-bond acceptors (Lipinski definition) is 3. The van der Waals surface area contributed by atoms with Gasteiger partial charge in [-0.15, -0.1) is 12.6 Å². The van der Waals surface area contributed by atoms with Gasteiger partial charge in [-0.1, -0.05) is 45.2 Å². The molecule has 18 heavy (non-hydrogen) atoms. The monoisotopic (exact) mass is 266 g/mol. The van der Waals surface area contributed by atoms with E-state index in [1.807, 2.05) is 12.1 Å². The molecule has 1 rings (SSSR count). The average molecular weight is 266 g/mol. The molecule has 0 saturated heterocycles. The third kappa shape index (κ3) is 4.73. The highest BCUT2D eigenvalue weighted by Crippen LogP contribution is 2.17. The molecule has 0 N–H and O–H groups in total. The van der Waals surface area contributed by atoms with Crippen LogP contribution in [-0.2, 0) is 4.74 Å². The van der Waals surface area contributed by atoms with Crippen molar-refractivity contribution in [2.24, 2.45) is 5.92 Å². The van der Waals surface area contributed by atoms with E-state index in [0.717, 1.165) is 12.8 Å². The summed E-state index contributed by atoms with van der Waals surface area (Å²) in [7, 11) is 0. The zero-order valence-electron chi connectivity index (χ0n) is 11.2. The van der Waals surface area contributed by atoms with Crippen LogP contribution in [0.4, 0.5) is 0 Å². The number of carbonyl (C=O) groups excluding carboxylic acids is 1. The molecule has 0 radical (unpaired) electrons. The minimum Gasteiger partial charge on any atom is -0.462 e. The largest absolute Gasteiger partial charge is 0.462 e. The van der Waals surface area contributed by atoms with E-state index in [2.05, 4.69) is 26.5 Å². The van der Waals surface area contributed by atoms with Crippen molar-refractivity contribution in [3.05, 3.63) is 29.8 Å². The van der Waals surface area contributed by atoms with Crippen molar-refractivity contribution in [2.75, 3.05) is 6.61 Å². The van der Waals surface area contributed by atoms with E-state index in [0.29, 0.717) is 23.0 Å². The summed E-state index contributed by atoms with van der Waals surface area (Å²) < 4.78 is 5.37. The molecule has 0 fully saturated rings. The maximum Gasteiger partial charge on any atom is 0.339 e. The molecular weight excluding hydrogens is 244 g/mol. The van der Waals surface area contributed by atoms with Gasteiger partial charge in [0.15, 0.2) is 0 Å². The predicted octanol–water partition coefficient (Wildman–Crippen LogP) is 4.35. The van der Waals surface area contributed by atoms with Gasteiger partial charge in [0.1, 0.15) is 0 Å². The van der Waals surface area contributed by atoms with Crippen LogP contribution in [0.1, 0.15) is 49.9 Å². The minimum absolute atomic E-state index is 0.268. The summed E-state index contributed by atoms with van der Waals surface area (Å²) in [5.41, 5.74) is 0.547. The molecule has 0 spiro atoms. The lowest BCUT2D eigenvalue weighted by Crippen LogP contribution is -2.14. The SMILES string of the molecule is CCCCC(CC)COC(=O)c1ccccc1S. The van der Waals surface area contributed by atoms with Crippen molar-refractivity contribution in [3.63, 3.8) is 0 Å². The highest BCUT2D eigenvalue weighted by atomic mass is 32.1. The first-order valence-corrected chi connectivity index (χ1v) is 7.08. The molecular formula is C15H22O2S. The molecule has 0 aliphatic heterocycles. The molecule has 1 atom stereocenters. The molecule has 0 saturated carbocycles. The van der Waals surface area contributed by atoms with E-state index in [9.17, 15) is 4.79 Å². The standard InChI is InChI=1S/C15H22O2S/c1-3-5-8-12(4-2)11-17-15(16)13-9-6-7-10-14(13)18/h6-7,9-10,12,18H,3-5,8,11H2,1-2H3. The summed E-state index contributed by atoms with van der Waals surface area (Å²) in [6.07, 6.45) is 4.56. The fourth-order valence-electron chi connectivity index (χ4n) is 1.82. The van der Waals surface area contributed by atoms with E-state index in [1.165, 1.54) is 12.8 Å². The highest BCUT2D eigenvalue weighted by Gasteiger charge is 2.13. The zero-order chi connectivity index (χ0) is 13.4. The van der Waals surface area contributed by atoms with Gasteiger partial charge in [0, 0.05) is 4.90 Å². The van der Waals surface area contributed by atoms with Gasteiger partial charge in [-0.3, -0.25) is 0 Å². The maximum absolute atomic E-state index is 11.9. The summed E-state index contributed by atoms with van der Waals surface area (Å²) in [6, 6.07) is 7.23. The Kier molecular flexibility index (Phi) is 6.88. The Morgan fingerprint density at radius 1 is 1.33 bits per heavy atom. The summed E-state index contributed by atoms with van der Waals surface area (Å²) in [5, 5.41) is 0. The van der Waals surface area contributed by atoms with Crippen LogP contribution in [0.2, 0.25) is 0 Å².